The highest BCUT2D eigenvalue weighted by atomic mass is 16.5. The molecule has 1 N–H and O–H groups in total. The van der Waals surface area contributed by atoms with Crippen LogP contribution in [0.4, 0.5) is 0 Å². The number of hydrogen-bond donors (Lipinski definition) is 1. The number of rotatable bonds is 8. The predicted octanol–water partition coefficient (Wildman–Crippen LogP) is 3.16. The zero-order valence-electron chi connectivity index (χ0n) is 20.5. The normalized spacial score (nSPS) is 20.3. The number of ketones is 1. The molecule has 0 spiro atoms. The Morgan fingerprint density at radius 3 is 2.40 bits per heavy atom. The van der Waals surface area contributed by atoms with Crippen molar-refractivity contribution in [2.75, 3.05) is 53.6 Å². The Kier molecular flexibility index (Phi) is 7.73. The number of para-hydroxylation sites is 1. The lowest BCUT2D eigenvalue weighted by Crippen LogP contribution is -2.39. The number of amides is 1. The summed E-state index contributed by atoms with van der Waals surface area (Å²) in [6.07, 6.45) is 0.681. The number of aliphatic hydroxyl groups is 1. The fraction of sp³-hybridized carbons (Fsp3) is 0.407. The first-order valence-corrected chi connectivity index (χ1v) is 11.8. The molecule has 2 heterocycles. The number of hydrogen-bond acceptors (Lipinski definition) is 7. The van der Waals surface area contributed by atoms with Gasteiger partial charge in [0.1, 0.15) is 5.76 Å². The van der Waals surface area contributed by atoms with Gasteiger partial charge in [-0.05, 0) is 19.4 Å². The van der Waals surface area contributed by atoms with Crippen molar-refractivity contribution in [1.82, 2.24) is 9.80 Å². The summed E-state index contributed by atoms with van der Waals surface area (Å²) in [5.74, 6) is -0.622. The van der Waals surface area contributed by atoms with E-state index >= 15 is 0 Å². The van der Waals surface area contributed by atoms with Crippen molar-refractivity contribution in [2.24, 2.45) is 0 Å². The number of methoxy groups -OCH3 is 2. The lowest BCUT2D eigenvalue weighted by atomic mass is 9.94. The first-order chi connectivity index (χ1) is 17.0. The summed E-state index contributed by atoms with van der Waals surface area (Å²) in [5.41, 5.74) is 2.15. The van der Waals surface area contributed by atoms with Crippen molar-refractivity contribution in [2.45, 2.75) is 19.4 Å². The number of ether oxygens (including phenoxy) is 3. The van der Waals surface area contributed by atoms with Crippen LogP contribution in [0.2, 0.25) is 0 Å². The number of aliphatic hydroxyl groups excluding tert-OH is 1. The summed E-state index contributed by atoms with van der Waals surface area (Å²) in [6, 6.07) is 11.8. The van der Waals surface area contributed by atoms with E-state index in [1.54, 1.807) is 35.2 Å². The topological polar surface area (TPSA) is 88.5 Å². The van der Waals surface area contributed by atoms with Crippen molar-refractivity contribution in [3.8, 4) is 11.5 Å². The van der Waals surface area contributed by atoms with Crippen LogP contribution in [-0.2, 0) is 14.3 Å². The number of morpholine rings is 1. The van der Waals surface area contributed by atoms with E-state index in [-0.39, 0.29) is 11.3 Å². The Balaban J connectivity index is 1.75. The molecule has 2 aromatic rings. The average Bonchev–Trinajstić information content (AvgIpc) is 3.13. The highest BCUT2D eigenvalue weighted by Gasteiger charge is 2.47. The van der Waals surface area contributed by atoms with Gasteiger partial charge >= 0.3 is 0 Å². The zero-order chi connectivity index (χ0) is 24.9. The molecular weight excluding hydrogens is 448 g/mol. The number of carbonyl (C=O) groups is 2. The summed E-state index contributed by atoms with van der Waals surface area (Å²) >= 11 is 0. The van der Waals surface area contributed by atoms with Gasteiger partial charge in [-0.15, -0.1) is 0 Å². The van der Waals surface area contributed by atoms with Crippen molar-refractivity contribution in [3.05, 3.63) is 64.7 Å². The molecule has 1 atom stereocenters. The van der Waals surface area contributed by atoms with Crippen molar-refractivity contribution >= 4 is 17.4 Å². The van der Waals surface area contributed by atoms with E-state index in [4.69, 9.17) is 14.2 Å². The minimum Gasteiger partial charge on any atom is -0.507 e. The molecule has 2 aliphatic rings. The standard InChI is InChI=1S/C27H32N2O6/c1-18-8-10-19(11-9-18)24(30)22-23(20-6-4-7-21(33-2)26(20)34-3)29(27(32)25(22)31)13-5-12-28-14-16-35-17-15-28/h4,6-11,23,30H,5,12-17H2,1-3H3. The van der Waals surface area contributed by atoms with Gasteiger partial charge in [0.2, 0.25) is 0 Å². The third-order valence-corrected chi connectivity index (χ3v) is 6.57. The lowest BCUT2D eigenvalue weighted by molar-refractivity contribution is -0.140. The smallest absolute Gasteiger partial charge is 0.295 e. The molecule has 35 heavy (non-hydrogen) atoms. The number of carbonyl (C=O) groups excluding carboxylic acids is 2. The number of Topliss-reactive ketones (excluding diaryl/α,β-unsaturated/α-hetero) is 1. The molecule has 0 saturated carbocycles. The van der Waals surface area contributed by atoms with Gasteiger partial charge in [0.05, 0.1) is 39.0 Å². The monoisotopic (exact) mass is 480 g/mol. The molecule has 2 saturated heterocycles. The van der Waals surface area contributed by atoms with Crippen LogP contribution in [-0.4, -0.2) is 80.2 Å². The van der Waals surface area contributed by atoms with Crippen LogP contribution in [0, 0.1) is 6.92 Å². The molecule has 0 radical (unpaired) electrons. The average molecular weight is 481 g/mol. The Labute approximate surface area is 205 Å². The largest absolute Gasteiger partial charge is 0.507 e. The molecular formula is C27H32N2O6. The van der Waals surface area contributed by atoms with Crippen molar-refractivity contribution in [3.63, 3.8) is 0 Å². The summed E-state index contributed by atoms with van der Waals surface area (Å²) in [5, 5.41) is 11.3. The fourth-order valence-electron chi connectivity index (χ4n) is 4.72. The summed E-state index contributed by atoms with van der Waals surface area (Å²) < 4.78 is 16.5. The molecule has 2 aromatic carbocycles. The highest BCUT2D eigenvalue weighted by molar-refractivity contribution is 6.46. The minimum absolute atomic E-state index is 0.0526. The second kappa shape index (κ2) is 10.9. The van der Waals surface area contributed by atoms with Crippen molar-refractivity contribution in [1.29, 1.82) is 0 Å². The Morgan fingerprint density at radius 1 is 1.03 bits per heavy atom. The van der Waals surface area contributed by atoms with Crippen LogP contribution in [0.1, 0.15) is 29.2 Å². The van der Waals surface area contributed by atoms with Gasteiger partial charge in [-0.3, -0.25) is 14.5 Å². The van der Waals surface area contributed by atoms with Crippen LogP contribution in [0.5, 0.6) is 11.5 Å². The van der Waals surface area contributed by atoms with E-state index in [0.717, 1.165) is 25.2 Å². The van der Waals surface area contributed by atoms with Crippen molar-refractivity contribution < 1.29 is 28.9 Å². The molecule has 0 aliphatic carbocycles. The number of benzene rings is 2. The Hall–Kier alpha value is -3.36. The summed E-state index contributed by atoms with van der Waals surface area (Å²) in [4.78, 5) is 30.4. The first-order valence-electron chi connectivity index (χ1n) is 11.8. The highest BCUT2D eigenvalue weighted by Crippen LogP contribution is 2.45. The maximum absolute atomic E-state index is 13.3. The molecule has 4 rings (SSSR count). The van der Waals surface area contributed by atoms with Gasteiger partial charge < -0.3 is 24.2 Å². The number of nitrogens with zero attached hydrogens (tertiary/aromatic N) is 2. The molecule has 1 amide bonds. The van der Waals surface area contributed by atoms with Gasteiger partial charge in [0, 0.05) is 37.3 Å². The second-order valence-corrected chi connectivity index (χ2v) is 8.75. The van der Waals surface area contributed by atoms with Crippen LogP contribution >= 0.6 is 0 Å². The Bertz CT molecular complexity index is 1110. The molecule has 8 nitrogen and oxygen atoms in total. The summed E-state index contributed by atoms with van der Waals surface area (Å²) in [7, 11) is 3.05. The van der Waals surface area contributed by atoms with Crippen LogP contribution < -0.4 is 9.47 Å². The lowest BCUT2D eigenvalue weighted by Gasteiger charge is -2.30. The maximum atomic E-state index is 13.3. The fourth-order valence-corrected chi connectivity index (χ4v) is 4.72. The van der Waals surface area contributed by atoms with Gasteiger partial charge in [0.25, 0.3) is 11.7 Å². The van der Waals surface area contributed by atoms with Gasteiger partial charge in [0.15, 0.2) is 11.5 Å². The van der Waals surface area contributed by atoms with E-state index in [1.165, 1.54) is 14.2 Å². The second-order valence-electron chi connectivity index (χ2n) is 8.75. The van der Waals surface area contributed by atoms with Gasteiger partial charge in [-0.1, -0.05) is 42.0 Å². The van der Waals surface area contributed by atoms with Crippen LogP contribution in [0.3, 0.4) is 0 Å². The molecule has 2 fully saturated rings. The number of aryl methyl sites for hydroxylation is 1. The van der Waals surface area contributed by atoms with Crippen LogP contribution in [0.15, 0.2) is 48.0 Å². The number of likely N-dealkylation sites (tertiary alicyclic amines) is 1. The Morgan fingerprint density at radius 2 is 1.74 bits per heavy atom. The SMILES string of the molecule is COc1cccc(C2C(=C(O)c3ccc(C)cc3)C(=O)C(=O)N2CCCN2CCOCC2)c1OC. The van der Waals surface area contributed by atoms with Crippen LogP contribution in [0.25, 0.3) is 5.76 Å². The van der Waals surface area contributed by atoms with E-state index in [9.17, 15) is 14.7 Å². The maximum Gasteiger partial charge on any atom is 0.295 e. The molecule has 0 bridgehead atoms. The third-order valence-electron chi connectivity index (χ3n) is 6.57. The van der Waals surface area contributed by atoms with Gasteiger partial charge in [-0.2, -0.15) is 0 Å². The molecule has 1 unspecified atom stereocenters. The third kappa shape index (κ3) is 5.04. The zero-order valence-corrected chi connectivity index (χ0v) is 20.5. The van der Waals surface area contributed by atoms with E-state index in [0.29, 0.717) is 48.8 Å². The minimum atomic E-state index is -0.800. The quantitative estimate of drug-likeness (QED) is 0.353. The predicted molar refractivity (Wildman–Crippen MR) is 132 cm³/mol. The molecule has 8 heteroatoms. The first kappa shape index (κ1) is 24.8. The van der Waals surface area contributed by atoms with E-state index in [2.05, 4.69) is 4.90 Å². The molecule has 2 aliphatic heterocycles. The van der Waals surface area contributed by atoms with Gasteiger partial charge in [-0.25, -0.2) is 0 Å². The molecule has 186 valence electrons. The summed E-state index contributed by atoms with van der Waals surface area (Å²) in [6.45, 7) is 6.17. The van der Waals surface area contributed by atoms with E-state index < -0.39 is 17.7 Å². The molecule has 0 aromatic heterocycles. The van der Waals surface area contributed by atoms with E-state index in [1.807, 2.05) is 19.1 Å².